The van der Waals surface area contributed by atoms with Crippen LogP contribution >= 0.6 is 0 Å². The maximum atomic E-state index is 11.1. The molecule has 1 saturated carbocycles. The highest BCUT2D eigenvalue weighted by atomic mass is 16.5. The lowest BCUT2D eigenvalue weighted by Gasteiger charge is -2.21. The van der Waals surface area contributed by atoms with Gasteiger partial charge in [0.05, 0.1) is 11.6 Å². The molecule has 0 saturated heterocycles. The van der Waals surface area contributed by atoms with E-state index in [0.717, 1.165) is 19.4 Å². The SMILES string of the molecule is CC(C)(C)CCOC1CCC(N)(C(N)=O)C1. The van der Waals surface area contributed by atoms with E-state index in [1.165, 1.54) is 0 Å². The summed E-state index contributed by atoms with van der Waals surface area (Å²) in [4.78, 5) is 11.1. The van der Waals surface area contributed by atoms with Crippen LogP contribution in [0.25, 0.3) is 0 Å². The molecule has 2 atom stereocenters. The van der Waals surface area contributed by atoms with Gasteiger partial charge in [-0.1, -0.05) is 20.8 Å². The molecule has 94 valence electrons. The lowest BCUT2D eigenvalue weighted by Crippen LogP contribution is -2.50. The van der Waals surface area contributed by atoms with Crippen molar-refractivity contribution in [3.8, 4) is 0 Å². The average Bonchev–Trinajstić information content (AvgIpc) is 2.47. The lowest BCUT2D eigenvalue weighted by atomic mass is 9.93. The van der Waals surface area contributed by atoms with E-state index < -0.39 is 11.4 Å². The number of nitrogens with two attached hydrogens (primary N) is 2. The van der Waals surface area contributed by atoms with E-state index in [1.807, 2.05) is 0 Å². The van der Waals surface area contributed by atoms with Crippen molar-refractivity contribution < 1.29 is 9.53 Å². The van der Waals surface area contributed by atoms with Gasteiger partial charge in [-0.2, -0.15) is 0 Å². The number of amides is 1. The molecular formula is C12H24N2O2. The predicted octanol–water partition coefficient (Wildman–Crippen LogP) is 1.17. The Morgan fingerprint density at radius 2 is 2.12 bits per heavy atom. The molecule has 0 heterocycles. The zero-order valence-electron chi connectivity index (χ0n) is 10.6. The van der Waals surface area contributed by atoms with Crippen molar-refractivity contribution in [2.45, 2.75) is 58.1 Å². The van der Waals surface area contributed by atoms with Crippen molar-refractivity contribution in [2.24, 2.45) is 16.9 Å². The van der Waals surface area contributed by atoms with E-state index in [-0.39, 0.29) is 11.5 Å². The Bertz CT molecular complexity index is 260. The number of rotatable bonds is 4. The van der Waals surface area contributed by atoms with Crippen molar-refractivity contribution in [2.75, 3.05) is 6.61 Å². The van der Waals surface area contributed by atoms with Gasteiger partial charge < -0.3 is 16.2 Å². The summed E-state index contributed by atoms with van der Waals surface area (Å²) in [6.45, 7) is 7.27. The lowest BCUT2D eigenvalue weighted by molar-refractivity contribution is -0.123. The van der Waals surface area contributed by atoms with Crippen molar-refractivity contribution in [1.82, 2.24) is 0 Å². The fourth-order valence-electron chi connectivity index (χ4n) is 1.93. The maximum Gasteiger partial charge on any atom is 0.237 e. The van der Waals surface area contributed by atoms with Crippen LogP contribution in [0, 0.1) is 5.41 Å². The maximum absolute atomic E-state index is 11.1. The second kappa shape index (κ2) is 4.72. The average molecular weight is 228 g/mol. The van der Waals surface area contributed by atoms with Crippen LogP contribution in [0.2, 0.25) is 0 Å². The fourth-order valence-corrected chi connectivity index (χ4v) is 1.93. The van der Waals surface area contributed by atoms with Gasteiger partial charge in [0.25, 0.3) is 0 Å². The molecule has 4 N–H and O–H groups in total. The zero-order chi connectivity index (χ0) is 12.4. The minimum absolute atomic E-state index is 0.0971. The number of carbonyl (C=O) groups excluding carboxylic acids is 1. The molecule has 1 aliphatic carbocycles. The fraction of sp³-hybridized carbons (Fsp3) is 0.917. The molecule has 1 fully saturated rings. The van der Waals surface area contributed by atoms with Crippen molar-refractivity contribution in [3.05, 3.63) is 0 Å². The van der Waals surface area contributed by atoms with E-state index >= 15 is 0 Å². The van der Waals surface area contributed by atoms with Gasteiger partial charge in [0, 0.05) is 13.0 Å². The van der Waals surface area contributed by atoms with Crippen LogP contribution in [0.4, 0.5) is 0 Å². The van der Waals surface area contributed by atoms with Crippen LogP contribution in [0.1, 0.15) is 46.5 Å². The van der Waals surface area contributed by atoms with Crippen molar-refractivity contribution >= 4 is 5.91 Å². The largest absolute Gasteiger partial charge is 0.378 e. The Balaban J connectivity index is 2.30. The zero-order valence-corrected chi connectivity index (χ0v) is 10.6. The van der Waals surface area contributed by atoms with Crippen LogP contribution in [0.5, 0.6) is 0 Å². The molecule has 2 unspecified atom stereocenters. The van der Waals surface area contributed by atoms with E-state index in [4.69, 9.17) is 16.2 Å². The third-order valence-electron chi connectivity index (χ3n) is 3.20. The molecule has 16 heavy (non-hydrogen) atoms. The third-order valence-corrected chi connectivity index (χ3v) is 3.20. The highest BCUT2D eigenvalue weighted by Crippen LogP contribution is 2.30. The summed E-state index contributed by atoms with van der Waals surface area (Å²) < 4.78 is 5.74. The normalized spacial score (nSPS) is 30.6. The molecule has 0 aliphatic heterocycles. The predicted molar refractivity (Wildman–Crippen MR) is 63.8 cm³/mol. The molecule has 0 aromatic rings. The number of carbonyl (C=O) groups is 1. The summed E-state index contributed by atoms with van der Waals surface area (Å²) in [5.41, 5.74) is 10.6. The molecule has 0 aromatic heterocycles. The van der Waals surface area contributed by atoms with Gasteiger partial charge >= 0.3 is 0 Å². The number of ether oxygens (including phenoxy) is 1. The molecule has 4 heteroatoms. The van der Waals surface area contributed by atoms with E-state index in [2.05, 4.69) is 20.8 Å². The summed E-state index contributed by atoms with van der Waals surface area (Å²) in [6.07, 6.45) is 3.15. The first-order valence-corrected chi connectivity index (χ1v) is 5.93. The van der Waals surface area contributed by atoms with E-state index in [9.17, 15) is 4.79 Å². The Hall–Kier alpha value is -0.610. The highest BCUT2D eigenvalue weighted by Gasteiger charge is 2.41. The monoisotopic (exact) mass is 228 g/mol. The first-order chi connectivity index (χ1) is 7.23. The Kier molecular flexibility index (Phi) is 3.97. The van der Waals surface area contributed by atoms with Gasteiger partial charge in [-0.3, -0.25) is 4.79 Å². The van der Waals surface area contributed by atoms with Gasteiger partial charge in [0.15, 0.2) is 0 Å². The molecule has 0 spiro atoms. The van der Waals surface area contributed by atoms with Crippen LogP contribution in [0.15, 0.2) is 0 Å². The van der Waals surface area contributed by atoms with Gasteiger partial charge in [0.1, 0.15) is 0 Å². The molecule has 1 amide bonds. The van der Waals surface area contributed by atoms with Crippen LogP contribution in [0.3, 0.4) is 0 Å². The smallest absolute Gasteiger partial charge is 0.237 e. The van der Waals surface area contributed by atoms with Crippen molar-refractivity contribution in [1.29, 1.82) is 0 Å². The Labute approximate surface area is 97.7 Å². The Morgan fingerprint density at radius 3 is 2.56 bits per heavy atom. The molecule has 1 rings (SSSR count). The first kappa shape index (κ1) is 13.5. The van der Waals surface area contributed by atoms with Gasteiger partial charge in [-0.05, 0) is 24.7 Å². The molecule has 1 aliphatic rings. The first-order valence-electron chi connectivity index (χ1n) is 5.93. The molecule has 0 radical (unpaired) electrons. The van der Waals surface area contributed by atoms with E-state index in [1.54, 1.807) is 0 Å². The summed E-state index contributed by atoms with van der Waals surface area (Å²) in [7, 11) is 0. The Morgan fingerprint density at radius 1 is 1.50 bits per heavy atom. The summed E-state index contributed by atoms with van der Waals surface area (Å²) in [5, 5.41) is 0. The second-order valence-electron chi connectivity index (χ2n) is 6.07. The summed E-state index contributed by atoms with van der Waals surface area (Å²) in [6, 6.07) is 0. The minimum Gasteiger partial charge on any atom is -0.378 e. The summed E-state index contributed by atoms with van der Waals surface area (Å²) >= 11 is 0. The third kappa shape index (κ3) is 3.76. The van der Waals surface area contributed by atoms with Crippen LogP contribution in [-0.2, 0) is 9.53 Å². The molecule has 4 nitrogen and oxygen atoms in total. The second-order valence-corrected chi connectivity index (χ2v) is 6.07. The quantitative estimate of drug-likeness (QED) is 0.758. The van der Waals surface area contributed by atoms with Gasteiger partial charge in [0.2, 0.25) is 5.91 Å². The molecule has 0 aromatic carbocycles. The number of hydrogen-bond donors (Lipinski definition) is 2. The minimum atomic E-state index is -0.841. The molecular weight excluding hydrogens is 204 g/mol. The number of primary amides is 1. The van der Waals surface area contributed by atoms with Crippen molar-refractivity contribution in [3.63, 3.8) is 0 Å². The standard InChI is InChI=1S/C12H24N2O2/c1-11(2,3)6-7-16-9-4-5-12(14,8-9)10(13)15/h9H,4-8,14H2,1-3H3,(H2,13,15). The van der Waals surface area contributed by atoms with E-state index in [0.29, 0.717) is 12.8 Å². The molecule has 0 bridgehead atoms. The highest BCUT2D eigenvalue weighted by molar-refractivity contribution is 5.84. The van der Waals surface area contributed by atoms with Gasteiger partial charge in [-0.25, -0.2) is 0 Å². The van der Waals surface area contributed by atoms with Gasteiger partial charge in [-0.15, -0.1) is 0 Å². The summed E-state index contributed by atoms with van der Waals surface area (Å²) in [5.74, 6) is -0.408. The topological polar surface area (TPSA) is 78.3 Å². The van der Waals surface area contributed by atoms with Crippen LogP contribution < -0.4 is 11.5 Å². The van der Waals surface area contributed by atoms with Crippen LogP contribution in [-0.4, -0.2) is 24.2 Å². The number of hydrogen-bond acceptors (Lipinski definition) is 3.